The summed E-state index contributed by atoms with van der Waals surface area (Å²) in [6.07, 6.45) is 3.31. The Morgan fingerprint density at radius 2 is 1.47 bits per heavy atom. The molecule has 0 bridgehead atoms. The van der Waals surface area contributed by atoms with Crippen LogP contribution in [0, 0.1) is 6.92 Å². The first-order chi connectivity index (χ1) is 7.36. The van der Waals surface area contributed by atoms with Gasteiger partial charge in [-0.2, -0.15) is 0 Å². The quantitative estimate of drug-likeness (QED) is 0.661. The summed E-state index contributed by atoms with van der Waals surface area (Å²) in [7, 11) is 0. The van der Waals surface area contributed by atoms with Crippen LogP contribution in [-0.2, 0) is 0 Å². The molecule has 0 saturated heterocycles. The molecular formula is C12H19N3. The smallest absolute Gasteiger partial charge is 0.178 e. The van der Waals surface area contributed by atoms with Gasteiger partial charge in [0.1, 0.15) is 5.52 Å². The van der Waals surface area contributed by atoms with Gasteiger partial charge in [0.05, 0.1) is 0 Å². The second-order valence-corrected chi connectivity index (χ2v) is 2.35. The number of aromatic nitrogens is 3. The molecule has 2 aromatic heterocycles. The Morgan fingerprint density at radius 1 is 0.867 bits per heavy atom. The summed E-state index contributed by atoms with van der Waals surface area (Å²) in [6.45, 7) is 9.94. The average molecular weight is 205 g/mol. The Morgan fingerprint density at radius 3 is 2.13 bits per heavy atom. The number of rotatable bonds is 0. The number of aryl methyl sites for hydroxylation is 1. The molecule has 0 aliphatic heterocycles. The maximum absolute atomic E-state index is 4.20. The summed E-state index contributed by atoms with van der Waals surface area (Å²) in [4.78, 5) is 12.4. The first-order valence-corrected chi connectivity index (χ1v) is 5.40. The maximum atomic E-state index is 4.20. The van der Waals surface area contributed by atoms with Crippen LogP contribution < -0.4 is 0 Å². The summed E-state index contributed by atoms with van der Waals surface area (Å²) in [6, 6.07) is 3.85. The lowest BCUT2D eigenvalue weighted by molar-refractivity contribution is 1.17. The van der Waals surface area contributed by atoms with Crippen molar-refractivity contribution in [2.45, 2.75) is 34.6 Å². The summed E-state index contributed by atoms with van der Waals surface area (Å²) in [5.41, 5.74) is 2.53. The van der Waals surface area contributed by atoms with Crippen molar-refractivity contribution >= 4 is 11.2 Å². The van der Waals surface area contributed by atoms with Gasteiger partial charge in [0.2, 0.25) is 0 Å². The average Bonchev–Trinajstić information content (AvgIpc) is 2.34. The second kappa shape index (κ2) is 7.85. The SMILES string of the molecule is CC.CC.Cc1ccc2nccnc2n1. The number of fused-ring (bicyclic) bond motifs is 1. The van der Waals surface area contributed by atoms with Gasteiger partial charge >= 0.3 is 0 Å². The Kier molecular flexibility index (Phi) is 7.06. The third-order valence-electron chi connectivity index (χ3n) is 1.47. The van der Waals surface area contributed by atoms with Crippen LogP contribution in [0.3, 0.4) is 0 Å². The Balaban J connectivity index is 0.000000442. The lowest BCUT2D eigenvalue weighted by atomic mass is 10.3. The van der Waals surface area contributed by atoms with Crippen molar-refractivity contribution < 1.29 is 0 Å². The minimum Gasteiger partial charge on any atom is -0.251 e. The van der Waals surface area contributed by atoms with Crippen LogP contribution in [0.25, 0.3) is 11.2 Å². The van der Waals surface area contributed by atoms with Gasteiger partial charge in [-0.1, -0.05) is 27.7 Å². The number of nitrogens with zero attached hydrogens (tertiary/aromatic N) is 3. The number of hydrogen-bond donors (Lipinski definition) is 0. The van der Waals surface area contributed by atoms with Crippen molar-refractivity contribution in [3.8, 4) is 0 Å². The summed E-state index contributed by atoms with van der Waals surface area (Å²) >= 11 is 0. The minimum absolute atomic E-state index is 0.715. The Hall–Kier alpha value is -1.51. The summed E-state index contributed by atoms with van der Waals surface area (Å²) in [5, 5.41) is 0. The minimum atomic E-state index is 0.715. The van der Waals surface area contributed by atoms with Gasteiger partial charge in [0.15, 0.2) is 5.65 Å². The normalized spacial score (nSPS) is 8.33. The van der Waals surface area contributed by atoms with E-state index in [9.17, 15) is 0 Å². The van der Waals surface area contributed by atoms with Gasteiger partial charge in [0, 0.05) is 18.1 Å². The Bertz CT molecular complexity index is 385. The fourth-order valence-electron chi connectivity index (χ4n) is 0.949. The first-order valence-electron chi connectivity index (χ1n) is 5.40. The van der Waals surface area contributed by atoms with Crippen LogP contribution in [0.15, 0.2) is 24.5 Å². The van der Waals surface area contributed by atoms with E-state index in [-0.39, 0.29) is 0 Å². The first kappa shape index (κ1) is 13.5. The zero-order valence-electron chi connectivity index (χ0n) is 10.2. The van der Waals surface area contributed by atoms with Gasteiger partial charge in [-0.3, -0.25) is 4.98 Å². The van der Waals surface area contributed by atoms with E-state index >= 15 is 0 Å². The van der Waals surface area contributed by atoms with E-state index in [2.05, 4.69) is 15.0 Å². The molecule has 3 heteroatoms. The van der Waals surface area contributed by atoms with Gasteiger partial charge in [-0.05, 0) is 19.1 Å². The van der Waals surface area contributed by atoms with E-state index in [4.69, 9.17) is 0 Å². The molecule has 82 valence electrons. The zero-order valence-corrected chi connectivity index (χ0v) is 10.2. The molecule has 0 aliphatic rings. The third kappa shape index (κ3) is 4.02. The van der Waals surface area contributed by atoms with Crippen molar-refractivity contribution in [3.63, 3.8) is 0 Å². The van der Waals surface area contributed by atoms with Crippen molar-refractivity contribution in [1.82, 2.24) is 15.0 Å². The van der Waals surface area contributed by atoms with Crippen molar-refractivity contribution in [2.24, 2.45) is 0 Å². The van der Waals surface area contributed by atoms with Crippen molar-refractivity contribution in [2.75, 3.05) is 0 Å². The van der Waals surface area contributed by atoms with Gasteiger partial charge in [0.25, 0.3) is 0 Å². The molecule has 3 nitrogen and oxygen atoms in total. The van der Waals surface area contributed by atoms with Gasteiger partial charge in [-0.25, -0.2) is 9.97 Å². The van der Waals surface area contributed by atoms with Crippen LogP contribution >= 0.6 is 0 Å². The molecule has 15 heavy (non-hydrogen) atoms. The highest BCUT2D eigenvalue weighted by molar-refractivity contribution is 5.68. The lowest BCUT2D eigenvalue weighted by Crippen LogP contribution is -1.87. The molecule has 2 rings (SSSR count). The maximum Gasteiger partial charge on any atom is 0.178 e. The fourth-order valence-corrected chi connectivity index (χ4v) is 0.949. The molecule has 0 amide bonds. The Labute approximate surface area is 91.6 Å². The number of pyridine rings is 1. The standard InChI is InChI=1S/C8H7N3.2C2H6/c1-6-2-3-7-8(11-6)10-5-4-9-7;2*1-2/h2-5H,1H3;2*1-2H3. The zero-order chi connectivity index (χ0) is 11.7. The topological polar surface area (TPSA) is 38.7 Å². The van der Waals surface area contributed by atoms with E-state index in [0.29, 0.717) is 5.65 Å². The molecule has 0 spiro atoms. The molecule has 0 saturated carbocycles. The molecule has 2 aromatic rings. The molecular weight excluding hydrogens is 186 g/mol. The summed E-state index contributed by atoms with van der Waals surface area (Å²) < 4.78 is 0. The number of hydrogen-bond acceptors (Lipinski definition) is 3. The molecule has 0 radical (unpaired) electrons. The van der Waals surface area contributed by atoms with E-state index in [0.717, 1.165) is 11.2 Å². The van der Waals surface area contributed by atoms with Crippen molar-refractivity contribution in [3.05, 3.63) is 30.2 Å². The van der Waals surface area contributed by atoms with Crippen LogP contribution in [0.5, 0.6) is 0 Å². The van der Waals surface area contributed by atoms with E-state index < -0.39 is 0 Å². The highest BCUT2D eigenvalue weighted by Crippen LogP contribution is 2.04. The molecule has 0 aromatic carbocycles. The molecule has 0 unspecified atom stereocenters. The second-order valence-electron chi connectivity index (χ2n) is 2.35. The van der Waals surface area contributed by atoms with E-state index in [1.54, 1.807) is 12.4 Å². The van der Waals surface area contributed by atoms with Crippen molar-refractivity contribution in [1.29, 1.82) is 0 Å². The van der Waals surface area contributed by atoms with Crippen LogP contribution in [-0.4, -0.2) is 15.0 Å². The predicted molar refractivity (Wildman–Crippen MR) is 64.8 cm³/mol. The highest BCUT2D eigenvalue weighted by Gasteiger charge is 1.93. The van der Waals surface area contributed by atoms with Crippen LogP contribution in [0.4, 0.5) is 0 Å². The lowest BCUT2D eigenvalue weighted by Gasteiger charge is -1.94. The van der Waals surface area contributed by atoms with E-state index in [1.807, 2.05) is 46.8 Å². The predicted octanol–water partition coefficient (Wildman–Crippen LogP) is 3.39. The highest BCUT2D eigenvalue weighted by atomic mass is 14.9. The summed E-state index contributed by atoms with van der Waals surface area (Å²) in [5.74, 6) is 0. The fraction of sp³-hybridized carbons (Fsp3) is 0.417. The largest absolute Gasteiger partial charge is 0.251 e. The molecule has 2 heterocycles. The van der Waals surface area contributed by atoms with Crippen LogP contribution in [0.1, 0.15) is 33.4 Å². The third-order valence-corrected chi connectivity index (χ3v) is 1.47. The van der Waals surface area contributed by atoms with E-state index in [1.165, 1.54) is 0 Å². The van der Waals surface area contributed by atoms with Gasteiger partial charge in [-0.15, -0.1) is 0 Å². The van der Waals surface area contributed by atoms with Gasteiger partial charge < -0.3 is 0 Å². The van der Waals surface area contributed by atoms with Crippen LogP contribution in [0.2, 0.25) is 0 Å². The molecule has 0 atom stereocenters. The molecule has 0 N–H and O–H groups in total. The monoisotopic (exact) mass is 205 g/mol. The molecule has 0 aliphatic carbocycles. The molecule has 0 fully saturated rings.